The summed E-state index contributed by atoms with van der Waals surface area (Å²) < 4.78 is 7.49. The molecule has 5 nitrogen and oxygen atoms in total. The zero-order valence-electron chi connectivity index (χ0n) is 11.8. The molecule has 0 N–H and O–H groups in total. The Balaban J connectivity index is 1.52. The number of nitrogens with zero attached hydrogens (tertiary/aromatic N) is 3. The molecule has 0 atom stereocenters. The van der Waals surface area contributed by atoms with E-state index in [9.17, 15) is 4.79 Å². The molecule has 5 heteroatoms. The molecule has 0 bridgehead atoms. The molecule has 108 valence electrons. The molecule has 0 aromatic carbocycles. The molecular formula is C15H21N3O2. The maximum atomic E-state index is 12.6. The van der Waals surface area contributed by atoms with Gasteiger partial charge in [-0.15, -0.1) is 0 Å². The fraction of sp³-hybridized carbons (Fsp3) is 0.733. The van der Waals surface area contributed by atoms with Crippen molar-refractivity contribution in [2.75, 3.05) is 19.8 Å². The third kappa shape index (κ3) is 1.95. The topological polar surface area (TPSA) is 47.4 Å². The third-order valence-corrected chi connectivity index (χ3v) is 4.89. The molecule has 1 saturated heterocycles. The van der Waals surface area contributed by atoms with E-state index in [2.05, 4.69) is 4.68 Å². The van der Waals surface area contributed by atoms with Crippen LogP contribution < -0.4 is 0 Å². The van der Waals surface area contributed by atoms with Crippen molar-refractivity contribution in [2.45, 2.75) is 45.2 Å². The molecule has 0 saturated carbocycles. The largest absolute Gasteiger partial charge is 0.381 e. The van der Waals surface area contributed by atoms with Crippen LogP contribution in [-0.4, -0.2) is 40.3 Å². The van der Waals surface area contributed by atoms with Crippen LogP contribution in [0.2, 0.25) is 0 Å². The van der Waals surface area contributed by atoms with Gasteiger partial charge in [0, 0.05) is 25.7 Å². The highest BCUT2D eigenvalue weighted by Crippen LogP contribution is 2.29. The van der Waals surface area contributed by atoms with Crippen LogP contribution in [0.1, 0.15) is 36.2 Å². The Hall–Kier alpha value is -1.36. The van der Waals surface area contributed by atoms with Gasteiger partial charge in [0.15, 0.2) is 0 Å². The van der Waals surface area contributed by atoms with Crippen LogP contribution in [0.15, 0.2) is 0 Å². The van der Waals surface area contributed by atoms with Gasteiger partial charge in [-0.25, -0.2) is 0 Å². The normalized spacial score (nSPS) is 22.7. The molecule has 2 aliphatic heterocycles. The van der Waals surface area contributed by atoms with Gasteiger partial charge in [0.2, 0.25) is 5.91 Å². The second-order valence-corrected chi connectivity index (χ2v) is 6.10. The minimum Gasteiger partial charge on any atom is -0.381 e. The van der Waals surface area contributed by atoms with Crippen LogP contribution >= 0.6 is 0 Å². The summed E-state index contributed by atoms with van der Waals surface area (Å²) in [7, 11) is 0. The van der Waals surface area contributed by atoms with Gasteiger partial charge in [0.25, 0.3) is 0 Å². The first kappa shape index (κ1) is 12.4. The second kappa shape index (κ2) is 4.88. The standard InChI is InChI=1S/C15H21N3O2/c19-15(11-4-8-20-9-5-11)17-6-7-18-14(10-17)12-2-1-3-13(12)16-18/h11H,1-10H2. The van der Waals surface area contributed by atoms with Crippen molar-refractivity contribution in [1.82, 2.24) is 14.7 Å². The average Bonchev–Trinajstić information content (AvgIpc) is 3.07. The highest BCUT2D eigenvalue weighted by molar-refractivity contribution is 5.79. The van der Waals surface area contributed by atoms with Crippen LogP contribution in [0, 0.1) is 5.92 Å². The highest BCUT2D eigenvalue weighted by Gasteiger charge is 2.32. The highest BCUT2D eigenvalue weighted by atomic mass is 16.5. The Morgan fingerprint density at radius 3 is 2.90 bits per heavy atom. The van der Waals surface area contributed by atoms with E-state index in [1.807, 2.05) is 4.90 Å². The van der Waals surface area contributed by atoms with E-state index in [0.29, 0.717) is 5.91 Å². The Labute approximate surface area is 118 Å². The number of aryl methyl sites for hydroxylation is 1. The van der Waals surface area contributed by atoms with Gasteiger partial charge in [-0.3, -0.25) is 9.48 Å². The summed E-state index contributed by atoms with van der Waals surface area (Å²) in [6, 6.07) is 0. The van der Waals surface area contributed by atoms with Crippen molar-refractivity contribution in [3.63, 3.8) is 0 Å². The zero-order chi connectivity index (χ0) is 13.5. The van der Waals surface area contributed by atoms with Crippen LogP contribution in [0.4, 0.5) is 0 Å². The minimum atomic E-state index is 0.172. The molecule has 3 heterocycles. The van der Waals surface area contributed by atoms with E-state index in [1.165, 1.54) is 23.4 Å². The number of carbonyl (C=O) groups is 1. The Bertz CT molecular complexity index is 531. The van der Waals surface area contributed by atoms with Crippen molar-refractivity contribution >= 4 is 5.91 Å². The second-order valence-electron chi connectivity index (χ2n) is 6.10. The number of carbonyl (C=O) groups excluding carboxylic acids is 1. The van der Waals surface area contributed by atoms with Gasteiger partial charge in [0.05, 0.1) is 24.5 Å². The van der Waals surface area contributed by atoms with Crippen LogP contribution in [0.25, 0.3) is 0 Å². The number of hydrogen-bond acceptors (Lipinski definition) is 3. The number of aromatic nitrogens is 2. The molecule has 0 spiro atoms. The number of hydrogen-bond donors (Lipinski definition) is 0. The lowest BCUT2D eigenvalue weighted by Crippen LogP contribution is -2.43. The molecule has 1 aromatic rings. The summed E-state index contributed by atoms with van der Waals surface area (Å²) >= 11 is 0. The van der Waals surface area contributed by atoms with Crippen molar-refractivity contribution in [3.8, 4) is 0 Å². The fourth-order valence-electron chi connectivity index (χ4n) is 3.74. The quantitative estimate of drug-likeness (QED) is 0.772. The number of rotatable bonds is 1. The van der Waals surface area contributed by atoms with Gasteiger partial charge in [-0.1, -0.05) is 0 Å². The fourth-order valence-corrected chi connectivity index (χ4v) is 3.74. The number of ether oxygens (including phenoxy) is 1. The van der Waals surface area contributed by atoms with Crippen molar-refractivity contribution < 1.29 is 9.53 Å². The first-order chi connectivity index (χ1) is 9.83. The average molecular weight is 275 g/mol. The molecule has 1 aliphatic carbocycles. The SMILES string of the molecule is O=C(C1CCOCC1)N1CCn2nc3c(c2C1)CCC3. The third-order valence-electron chi connectivity index (χ3n) is 4.89. The van der Waals surface area contributed by atoms with Crippen molar-refractivity contribution in [2.24, 2.45) is 5.92 Å². The lowest BCUT2D eigenvalue weighted by molar-refractivity contribution is -0.140. The molecule has 1 fully saturated rings. The van der Waals surface area contributed by atoms with E-state index in [4.69, 9.17) is 9.84 Å². The summed E-state index contributed by atoms with van der Waals surface area (Å²) in [5.74, 6) is 0.499. The zero-order valence-corrected chi connectivity index (χ0v) is 11.8. The Morgan fingerprint density at radius 1 is 1.20 bits per heavy atom. The smallest absolute Gasteiger partial charge is 0.226 e. The van der Waals surface area contributed by atoms with E-state index >= 15 is 0 Å². The lowest BCUT2D eigenvalue weighted by atomic mass is 9.98. The van der Waals surface area contributed by atoms with E-state index in [0.717, 1.165) is 58.5 Å². The van der Waals surface area contributed by atoms with Crippen LogP contribution in [0.5, 0.6) is 0 Å². The monoisotopic (exact) mass is 275 g/mol. The molecule has 4 rings (SSSR count). The van der Waals surface area contributed by atoms with E-state index < -0.39 is 0 Å². The molecule has 1 amide bonds. The predicted molar refractivity (Wildman–Crippen MR) is 73.2 cm³/mol. The van der Waals surface area contributed by atoms with E-state index in [1.54, 1.807) is 0 Å². The summed E-state index contributed by atoms with van der Waals surface area (Å²) in [6.45, 7) is 3.90. The first-order valence-electron chi connectivity index (χ1n) is 7.77. The summed E-state index contributed by atoms with van der Waals surface area (Å²) in [5, 5.41) is 4.70. The van der Waals surface area contributed by atoms with Crippen LogP contribution in [0.3, 0.4) is 0 Å². The Morgan fingerprint density at radius 2 is 2.05 bits per heavy atom. The summed E-state index contributed by atoms with van der Waals surface area (Å²) in [6.07, 6.45) is 5.24. The molecule has 1 aromatic heterocycles. The maximum Gasteiger partial charge on any atom is 0.226 e. The van der Waals surface area contributed by atoms with Crippen LogP contribution in [-0.2, 0) is 35.5 Å². The van der Waals surface area contributed by atoms with Gasteiger partial charge in [-0.2, -0.15) is 5.10 Å². The van der Waals surface area contributed by atoms with Gasteiger partial charge in [-0.05, 0) is 37.7 Å². The van der Waals surface area contributed by atoms with Gasteiger partial charge in [0.1, 0.15) is 0 Å². The minimum absolute atomic E-state index is 0.172. The molecule has 0 unspecified atom stereocenters. The predicted octanol–water partition coefficient (Wildman–Crippen LogP) is 1.14. The Kier molecular flexibility index (Phi) is 3.02. The first-order valence-corrected chi connectivity index (χ1v) is 7.77. The number of amides is 1. The molecule has 3 aliphatic rings. The lowest BCUT2D eigenvalue weighted by Gasteiger charge is -2.32. The van der Waals surface area contributed by atoms with Crippen molar-refractivity contribution in [1.29, 1.82) is 0 Å². The van der Waals surface area contributed by atoms with E-state index in [-0.39, 0.29) is 5.92 Å². The van der Waals surface area contributed by atoms with Gasteiger partial charge >= 0.3 is 0 Å². The number of fused-ring (bicyclic) bond motifs is 3. The summed E-state index contributed by atoms with van der Waals surface area (Å²) in [5.41, 5.74) is 4.00. The van der Waals surface area contributed by atoms with Crippen molar-refractivity contribution in [3.05, 3.63) is 17.0 Å². The van der Waals surface area contributed by atoms with Gasteiger partial charge < -0.3 is 9.64 Å². The molecule has 20 heavy (non-hydrogen) atoms. The maximum absolute atomic E-state index is 12.6. The summed E-state index contributed by atoms with van der Waals surface area (Å²) in [4.78, 5) is 14.7. The molecular weight excluding hydrogens is 254 g/mol. The molecule has 0 radical (unpaired) electrons.